The van der Waals surface area contributed by atoms with Crippen molar-refractivity contribution in [2.45, 2.75) is 77.2 Å². The summed E-state index contributed by atoms with van der Waals surface area (Å²) >= 11 is 0. The van der Waals surface area contributed by atoms with Gasteiger partial charge in [0.2, 0.25) is 5.91 Å². The lowest BCUT2D eigenvalue weighted by atomic mass is 9.79. The molecule has 1 aliphatic carbocycles. The largest absolute Gasteiger partial charge is 0.393 e. The highest BCUT2D eigenvalue weighted by Crippen LogP contribution is 2.42. The number of rotatable bonds is 4. The van der Waals surface area contributed by atoms with Crippen molar-refractivity contribution in [1.29, 1.82) is 0 Å². The van der Waals surface area contributed by atoms with Crippen LogP contribution in [0.3, 0.4) is 0 Å². The first-order chi connectivity index (χ1) is 11.4. The second-order valence-corrected chi connectivity index (χ2v) is 7.21. The Morgan fingerprint density at radius 3 is 2.79 bits per heavy atom. The number of hydrogen-bond donors (Lipinski definition) is 1. The van der Waals surface area contributed by atoms with Gasteiger partial charge in [-0.05, 0) is 51.5 Å². The molecule has 1 saturated carbocycles. The van der Waals surface area contributed by atoms with Gasteiger partial charge in [0.25, 0.3) is 0 Å². The van der Waals surface area contributed by atoms with Crippen LogP contribution in [0, 0.1) is 13.8 Å². The molecule has 134 valence electrons. The molecule has 2 fully saturated rings. The van der Waals surface area contributed by atoms with Crippen LogP contribution in [0.2, 0.25) is 0 Å². The van der Waals surface area contributed by atoms with E-state index in [9.17, 15) is 9.90 Å². The molecule has 0 aromatic carbocycles. The van der Waals surface area contributed by atoms with Gasteiger partial charge in [0.05, 0.1) is 23.4 Å². The zero-order valence-electron chi connectivity index (χ0n) is 15.2. The number of aryl methyl sites for hydroxylation is 1. The Bertz CT molecular complexity index is 627. The second-order valence-electron chi connectivity index (χ2n) is 7.21. The Labute approximate surface area is 143 Å². The van der Waals surface area contributed by atoms with Gasteiger partial charge in [0.15, 0.2) is 0 Å². The Morgan fingerprint density at radius 2 is 2.17 bits per heavy atom. The molecule has 1 aliphatic heterocycles. The fourth-order valence-corrected chi connectivity index (χ4v) is 4.59. The number of likely N-dealkylation sites (tertiary alicyclic amines) is 1. The van der Waals surface area contributed by atoms with Crippen molar-refractivity contribution in [3.63, 3.8) is 0 Å². The average Bonchev–Trinajstić information content (AvgIpc) is 3.05. The van der Waals surface area contributed by atoms with Crippen LogP contribution in [-0.4, -0.2) is 57.1 Å². The third kappa shape index (κ3) is 2.75. The van der Waals surface area contributed by atoms with E-state index in [1.165, 1.54) is 5.56 Å². The number of methoxy groups -OCH3 is 1. The highest BCUT2D eigenvalue weighted by atomic mass is 16.5. The molecular formula is C18H29N3O3. The SMILES string of the molecule is CCc1c(C)nn(CC(=O)N2CC[C@]3(OC)CC[C@@H](O)C[C@H]23)c1C. The summed E-state index contributed by atoms with van der Waals surface area (Å²) in [5, 5.41) is 14.6. The molecule has 2 aliphatic rings. The summed E-state index contributed by atoms with van der Waals surface area (Å²) < 4.78 is 7.64. The maximum absolute atomic E-state index is 12.9. The smallest absolute Gasteiger partial charge is 0.244 e. The van der Waals surface area contributed by atoms with E-state index in [-0.39, 0.29) is 30.2 Å². The lowest BCUT2D eigenvalue weighted by molar-refractivity contribution is -0.140. The van der Waals surface area contributed by atoms with E-state index < -0.39 is 0 Å². The summed E-state index contributed by atoms with van der Waals surface area (Å²) in [4.78, 5) is 14.8. The maximum atomic E-state index is 12.9. The molecule has 0 bridgehead atoms. The first kappa shape index (κ1) is 17.4. The zero-order chi connectivity index (χ0) is 17.5. The van der Waals surface area contributed by atoms with Gasteiger partial charge in [-0.2, -0.15) is 5.10 Å². The molecule has 0 radical (unpaired) electrons. The number of nitrogens with zero attached hydrogens (tertiary/aromatic N) is 3. The maximum Gasteiger partial charge on any atom is 0.244 e. The molecule has 24 heavy (non-hydrogen) atoms. The highest BCUT2D eigenvalue weighted by Gasteiger charge is 2.52. The van der Waals surface area contributed by atoms with Crippen LogP contribution < -0.4 is 0 Å². The van der Waals surface area contributed by atoms with E-state index in [0.29, 0.717) is 13.0 Å². The highest BCUT2D eigenvalue weighted by molar-refractivity contribution is 5.77. The first-order valence-electron chi connectivity index (χ1n) is 8.97. The van der Waals surface area contributed by atoms with Gasteiger partial charge >= 0.3 is 0 Å². The number of ether oxygens (including phenoxy) is 1. The molecule has 1 aromatic rings. The lowest BCUT2D eigenvalue weighted by Gasteiger charge is -2.42. The van der Waals surface area contributed by atoms with Crippen LogP contribution in [0.15, 0.2) is 0 Å². The summed E-state index contributed by atoms with van der Waals surface area (Å²) in [7, 11) is 1.73. The van der Waals surface area contributed by atoms with Crippen LogP contribution in [-0.2, 0) is 22.5 Å². The Balaban J connectivity index is 1.78. The van der Waals surface area contributed by atoms with Crippen molar-refractivity contribution in [2.75, 3.05) is 13.7 Å². The van der Waals surface area contributed by atoms with Crippen LogP contribution in [0.4, 0.5) is 0 Å². The van der Waals surface area contributed by atoms with Gasteiger partial charge in [0, 0.05) is 19.3 Å². The molecule has 2 heterocycles. The minimum Gasteiger partial charge on any atom is -0.393 e. The van der Waals surface area contributed by atoms with Crippen molar-refractivity contribution in [3.8, 4) is 0 Å². The van der Waals surface area contributed by atoms with Crippen molar-refractivity contribution >= 4 is 5.91 Å². The van der Waals surface area contributed by atoms with E-state index in [2.05, 4.69) is 12.0 Å². The molecule has 0 unspecified atom stereocenters. The predicted octanol–water partition coefficient (Wildman–Crippen LogP) is 1.59. The van der Waals surface area contributed by atoms with Crippen LogP contribution in [0.25, 0.3) is 0 Å². The van der Waals surface area contributed by atoms with Crippen molar-refractivity contribution in [3.05, 3.63) is 17.0 Å². The number of carbonyl (C=O) groups excluding carboxylic acids is 1. The fourth-order valence-electron chi connectivity index (χ4n) is 4.59. The molecule has 1 amide bonds. The third-order valence-corrected chi connectivity index (χ3v) is 6.05. The van der Waals surface area contributed by atoms with Crippen molar-refractivity contribution in [2.24, 2.45) is 0 Å². The molecular weight excluding hydrogens is 306 g/mol. The van der Waals surface area contributed by atoms with Gasteiger partial charge in [-0.25, -0.2) is 0 Å². The van der Waals surface area contributed by atoms with Gasteiger partial charge < -0.3 is 14.7 Å². The Morgan fingerprint density at radius 1 is 1.42 bits per heavy atom. The Kier molecular flexibility index (Phi) is 4.71. The molecule has 6 nitrogen and oxygen atoms in total. The van der Waals surface area contributed by atoms with Crippen LogP contribution in [0.5, 0.6) is 0 Å². The van der Waals surface area contributed by atoms with Gasteiger partial charge in [-0.15, -0.1) is 0 Å². The summed E-state index contributed by atoms with van der Waals surface area (Å²) in [6.45, 7) is 7.10. The van der Waals surface area contributed by atoms with Gasteiger partial charge in [-0.1, -0.05) is 6.92 Å². The predicted molar refractivity (Wildman–Crippen MR) is 90.8 cm³/mol. The molecule has 3 atom stereocenters. The van der Waals surface area contributed by atoms with Gasteiger partial charge in [-0.3, -0.25) is 9.48 Å². The summed E-state index contributed by atoms with van der Waals surface area (Å²) in [6, 6.07) is -0.0265. The van der Waals surface area contributed by atoms with Crippen molar-refractivity contribution in [1.82, 2.24) is 14.7 Å². The van der Waals surface area contributed by atoms with E-state index in [0.717, 1.165) is 37.1 Å². The van der Waals surface area contributed by atoms with Crippen molar-refractivity contribution < 1.29 is 14.6 Å². The normalized spacial score (nSPS) is 29.8. The topological polar surface area (TPSA) is 67.6 Å². The quantitative estimate of drug-likeness (QED) is 0.907. The van der Waals surface area contributed by atoms with E-state index in [1.54, 1.807) is 7.11 Å². The molecule has 6 heteroatoms. The zero-order valence-corrected chi connectivity index (χ0v) is 15.2. The number of carbonyl (C=O) groups is 1. The molecule has 3 rings (SSSR count). The lowest BCUT2D eigenvalue weighted by Crippen LogP contribution is -2.53. The Hall–Kier alpha value is -1.40. The van der Waals surface area contributed by atoms with E-state index >= 15 is 0 Å². The summed E-state index contributed by atoms with van der Waals surface area (Å²) in [6.07, 6.45) is 3.62. The molecule has 1 aromatic heterocycles. The summed E-state index contributed by atoms with van der Waals surface area (Å²) in [5.41, 5.74) is 3.02. The minimum atomic E-state index is -0.341. The number of amides is 1. The molecule has 1 N–H and O–H groups in total. The standard InChI is InChI=1S/C18H29N3O3/c1-5-15-12(2)19-21(13(15)3)11-17(23)20-9-8-18(24-4)7-6-14(22)10-16(18)20/h14,16,22H,5-11H2,1-4H3/t14-,16+,18-/m1/s1. The number of aliphatic hydroxyl groups excluding tert-OH is 1. The third-order valence-electron chi connectivity index (χ3n) is 6.05. The van der Waals surface area contributed by atoms with E-state index in [1.807, 2.05) is 23.4 Å². The average molecular weight is 335 g/mol. The number of aromatic nitrogens is 2. The number of hydrogen-bond acceptors (Lipinski definition) is 4. The van der Waals surface area contributed by atoms with Gasteiger partial charge in [0.1, 0.15) is 6.54 Å². The van der Waals surface area contributed by atoms with E-state index in [4.69, 9.17) is 4.74 Å². The number of aliphatic hydroxyl groups is 1. The molecule has 1 saturated heterocycles. The summed E-state index contributed by atoms with van der Waals surface area (Å²) in [5.74, 6) is 0.0706. The molecule has 0 spiro atoms. The monoisotopic (exact) mass is 335 g/mol. The van der Waals surface area contributed by atoms with Crippen LogP contribution in [0.1, 0.15) is 49.6 Å². The fraction of sp³-hybridized carbons (Fsp3) is 0.778. The second kappa shape index (κ2) is 6.48. The first-order valence-corrected chi connectivity index (χ1v) is 8.97. The number of fused-ring (bicyclic) bond motifs is 1. The van der Waals surface area contributed by atoms with Crippen LogP contribution >= 0.6 is 0 Å². The minimum absolute atomic E-state index is 0.0265.